The third-order valence-corrected chi connectivity index (χ3v) is 2.63. The van der Waals surface area contributed by atoms with Gasteiger partial charge < -0.3 is 11.1 Å². The van der Waals surface area contributed by atoms with Crippen LogP contribution in [0.4, 0.5) is 14.5 Å². The molecule has 0 spiro atoms. The fraction of sp³-hybridized carbons (Fsp3) is 0. The van der Waals surface area contributed by atoms with E-state index in [-0.39, 0.29) is 11.3 Å². The minimum atomic E-state index is -0.991. The summed E-state index contributed by atoms with van der Waals surface area (Å²) in [5.41, 5.74) is 4.58. The van der Waals surface area contributed by atoms with E-state index in [1.54, 1.807) is 12.1 Å². The van der Waals surface area contributed by atoms with Gasteiger partial charge in [-0.15, -0.1) is 0 Å². The maximum absolute atomic E-state index is 13.5. The lowest BCUT2D eigenvalue weighted by atomic mass is 10.1. The van der Waals surface area contributed by atoms with Gasteiger partial charge in [-0.1, -0.05) is 18.2 Å². The molecule has 20 heavy (non-hydrogen) atoms. The van der Waals surface area contributed by atoms with Gasteiger partial charge in [0.15, 0.2) is 0 Å². The number of hydrogen-bond acceptors (Lipinski definition) is 2. The maximum atomic E-state index is 13.5. The first kappa shape index (κ1) is 13.7. The van der Waals surface area contributed by atoms with Crippen LogP contribution < -0.4 is 11.1 Å². The molecule has 0 aromatic heterocycles. The summed E-state index contributed by atoms with van der Waals surface area (Å²) in [6.45, 7) is 0. The van der Waals surface area contributed by atoms with E-state index in [0.717, 1.165) is 18.2 Å². The smallest absolute Gasteiger partial charge is 0.261 e. The number of para-hydroxylation sites is 1. The number of nitrogens with one attached hydrogen (secondary N) is 1. The summed E-state index contributed by atoms with van der Waals surface area (Å²) in [4.78, 5) is 23.1. The third kappa shape index (κ3) is 2.64. The summed E-state index contributed by atoms with van der Waals surface area (Å²) >= 11 is 0. The predicted octanol–water partition coefficient (Wildman–Crippen LogP) is 2.32. The van der Waals surface area contributed by atoms with Gasteiger partial charge in [0.05, 0.1) is 11.3 Å². The van der Waals surface area contributed by atoms with Crippen molar-refractivity contribution in [3.05, 3.63) is 65.2 Å². The standard InChI is InChI=1S/C14H10F2N2O2/c15-9-5-3-6-10(16)12(9)14(20)18-11-7-2-1-4-8(11)13(17)19/h1-7H,(H2,17,19)(H,18,20). The Morgan fingerprint density at radius 1 is 0.950 bits per heavy atom. The van der Waals surface area contributed by atoms with Crippen molar-refractivity contribution in [2.45, 2.75) is 0 Å². The molecular formula is C14H10F2N2O2. The molecule has 2 aromatic rings. The molecule has 0 saturated carbocycles. The highest BCUT2D eigenvalue weighted by molar-refractivity contribution is 6.08. The van der Waals surface area contributed by atoms with Gasteiger partial charge in [0.25, 0.3) is 11.8 Å². The highest BCUT2D eigenvalue weighted by Crippen LogP contribution is 2.18. The van der Waals surface area contributed by atoms with E-state index in [4.69, 9.17) is 5.73 Å². The maximum Gasteiger partial charge on any atom is 0.261 e. The second kappa shape index (κ2) is 5.48. The van der Waals surface area contributed by atoms with E-state index >= 15 is 0 Å². The third-order valence-electron chi connectivity index (χ3n) is 2.63. The molecule has 4 nitrogen and oxygen atoms in total. The fourth-order valence-corrected chi connectivity index (χ4v) is 1.71. The molecule has 0 fully saturated rings. The van der Waals surface area contributed by atoms with Crippen molar-refractivity contribution >= 4 is 17.5 Å². The van der Waals surface area contributed by atoms with Crippen LogP contribution in [0.15, 0.2) is 42.5 Å². The molecule has 6 heteroatoms. The summed E-state index contributed by atoms with van der Waals surface area (Å²) in [5, 5.41) is 2.27. The lowest BCUT2D eigenvalue weighted by Crippen LogP contribution is -2.20. The highest BCUT2D eigenvalue weighted by Gasteiger charge is 2.18. The number of hydrogen-bond donors (Lipinski definition) is 2. The Morgan fingerprint density at radius 2 is 1.55 bits per heavy atom. The van der Waals surface area contributed by atoms with Crippen molar-refractivity contribution < 1.29 is 18.4 Å². The Labute approximate surface area is 113 Å². The van der Waals surface area contributed by atoms with E-state index in [2.05, 4.69) is 5.32 Å². The van der Waals surface area contributed by atoms with Crippen LogP contribution in [0.5, 0.6) is 0 Å². The fourth-order valence-electron chi connectivity index (χ4n) is 1.71. The van der Waals surface area contributed by atoms with Crippen molar-refractivity contribution in [2.24, 2.45) is 5.73 Å². The molecule has 0 heterocycles. The molecule has 0 unspecified atom stereocenters. The van der Waals surface area contributed by atoms with Crippen LogP contribution in [-0.4, -0.2) is 11.8 Å². The van der Waals surface area contributed by atoms with Gasteiger partial charge in [-0.3, -0.25) is 9.59 Å². The number of anilines is 1. The molecule has 0 atom stereocenters. The average Bonchev–Trinajstić information content (AvgIpc) is 2.38. The van der Waals surface area contributed by atoms with Crippen molar-refractivity contribution in [1.29, 1.82) is 0 Å². The molecule has 102 valence electrons. The van der Waals surface area contributed by atoms with Gasteiger partial charge in [-0.2, -0.15) is 0 Å². The molecule has 0 saturated heterocycles. The summed E-state index contributed by atoms with van der Waals surface area (Å²) in [6, 6.07) is 9.01. The molecule has 0 aliphatic rings. The molecule has 0 aliphatic carbocycles. The zero-order valence-electron chi connectivity index (χ0n) is 10.2. The topological polar surface area (TPSA) is 72.2 Å². The summed E-state index contributed by atoms with van der Waals surface area (Å²) in [7, 11) is 0. The monoisotopic (exact) mass is 276 g/mol. The minimum absolute atomic E-state index is 0.0533. The number of benzene rings is 2. The first-order valence-electron chi connectivity index (χ1n) is 5.65. The number of carbonyl (C=O) groups excluding carboxylic acids is 2. The number of nitrogens with two attached hydrogens (primary N) is 1. The van der Waals surface area contributed by atoms with Gasteiger partial charge in [-0.05, 0) is 24.3 Å². The van der Waals surface area contributed by atoms with Crippen molar-refractivity contribution in [3.8, 4) is 0 Å². The zero-order chi connectivity index (χ0) is 14.7. The summed E-state index contributed by atoms with van der Waals surface area (Å²) < 4.78 is 26.9. The normalized spacial score (nSPS) is 10.1. The molecule has 0 aliphatic heterocycles. The van der Waals surface area contributed by atoms with E-state index in [0.29, 0.717) is 0 Å². The van der Waals surface area contributed by atoms with Crippen LogP contribution in [0.2, 0.25) is 0 Å². The lowest BCUT2D eigenvalue weighted by molar-refractivity contribution is 0.100. The Bertz CT molecular complexity index is 666. The molecule has 3 N–H and O–H groups in total. The first-order valence-corrected chi connectivity index (χ1v) is 5.65. The second-order valence-electron chi connectivity index (χ2n) is 3.96. The van der Waals surface area contributed by atoms with Crippen LogP contribution in [-0.2, 0) is 0 Å². The van der Waals surface area contributed by atoms with Crippen LogP contribution in [0.25, 0.3) is 0 Å². The van der Waals surface area contributed by atoms with Gasteiger partial charge in [0.2, 0.25) is 0 Å². The average molecular weight is 276 g/mol. The number of amides is 2. The zero-order valence-corrected chi connectivity index (χ0v) is 10.2. The van der Waals surface area contributed by atoms with Crippen LogP contribution in [0.1, 0.15) is 20.7 Å². The Hall–Kier alpha value is -2.76. The van der Waals surface area contributed by atoms with E-state index in [1.165, 1.54) is 12.1 Å². The highest BCUT2D eigenvalue weighted by atomic mass is 19.1. The van der Waals surface area contributed by atoms with Gasteiger partial charge in [0, 0.05) is 0 Å². The van der Waals surface area contributed by atoms with E-state index < -0.39 is 29.0 Å². The molecular weight excluding hydrogens is 266 g/mol. The molecule has 2 aromatic carbocycles. The Morgan fingerprint density at radius 3 is 2.15 bits per heavy atom. The van der Waals surface area contributed by atoms with Crippen LogP contribution in [0, 0.1) is 11.6 Å². The molecule has 2 amide bonds. The van der Waals surface area contributed by atoms with E-state index in [9.17, 15) is 18.4 Å². The number of halogens is 2. The van der Waals surface area contributed by atoms with Gasteiger partial charge >= 0.3 is 0 Å². The minimum Gasteiger partial charge on any atom is -0.366 e. The quantitative estimate of drug-likeness (QED) is 0.903. The molecule has 0 bridgehead atoms. The molecule has 0 radical (unpaired) electrons. The Kier molecular flexibility index (Phi) is 3.74. The number of carbonyl (C=O) groups is 2. The SMILES string of the molecule is NC(=O)c1ccccc1NC(=O)c1c(F)cccc1F. The predicted molar refractivity (Wildman–Crippen MR) is 69.3 cm³/mol. The molecule has 2 rings (SSSR count). The lowest BCUT2D eigenvalue weighted by Gasteiger charge is -2.09. The van der Waals surface area contributed by atoms with Crippen LogP contribution in [0.3, 0.4) is 0 Å². The number of rotatable bonds is 3. The van der Waals surface area contributed by atoms with Crippen LogP contribution >= 0.6 is 0 Å². The van der Waals surface area contributed by atoms with Crippen molar-refractivity contribution in [2.75, 3.05) is 5.32 Å². The van der Waals surface area contributed by atoms with Gasteiger partial charge in [0.1, 0.15) is 17.2 Å². The summed E-state index contributed by atoms with van der Waals surface area (Å²) in [5.74, 6) is -3.72. The second-order valence-corrected chi connectivity index (χ2v) is 3.96. The number of primary amides is 1. The largest absolute Gasteiger partial charge is 0.366 e. The summed E-state index contributed by atoms with van der Waals surface area (Å²) in [6.07, 6.45) is 0. The van der Waals surface area contributed by atoms with E-state index in [1.807, 2.05) is 0 Å². The van der Waals surface area contributed by atoms with Gasteiger partial charge in [-0.25, -0.2) is 8.78 Å². The first-order chi connectivity index (χ1) is 9.50. The van der Waals surface area contributed by atoms with Crippen molar-refractivity contribution in [3.63, 3.8) is 0 Å². The van der Waals surface area contributed by atoms with Crippen molar-refractivity contribution in [1.82, 2.24) is 0 Å². The Balaban J connectivity index is 2.36.